The van der Waals surface area contributed by atoms with E-state index in [9.17, 15) is 9.90 Å². The SMILES string of the molecule is Cc1ccccc1-c1cccc2c(CCCOc3cccc4ccccc34)c(OC(=O)O)n(Cc3ccccc3-c3ccccc3)c12. The molecule has 0 aliphatic carbocycles. The van der Waals surface area contributed by atoms with Gasteiger partial charge in [-0.3, -0.25) is 0 Å². The van der Waals surface area contributed by atoms with Crippen LogP contribution in [0.4, 0.5) is 4.79 Å². The molecule has 5 heteroatoms. The first kappa shape index (κ1) is 29.9. The van der Waals surface area contributed by atoms with E-state index in [0.29, 0.717) is 31.9 Å². The lowest BCUT2D eigenvalue weighted by Gasteiger charge is -2.16. The second-order valence-electron chi connectivity index (χ2n) is 11.7. The van der Waals surface area contributed by atoms with E-state index in [1.807, 2.05) is 77.4 Å². The number of aromatic nitrogens is 1. The summed E-state index contributed by atoms with van der Waals surface area (Å²) in [5.41, 5.74) is 8.34. The number of hydrogen-bond donors (Lipinski definition) is 1. The molecule has 1 aromatic heterocycles. The van der Waals surface area contributed by atoms with Gasteiger partial charge in [-0.25, -0.2) is 4.79 Å². The fourth-order valence-electron chi connectivity index (χ4n) is 6.62. The van der Waals surface area contributed by atoms with Crippen molar-refractivity contribution in [1.82, 2.24) is 4.57 Å². The standard InChI is InChI=1S/C42H35NO4/c1-29-14-5-8-20-33(29)36-23-12-24-37-38(25-13-27-46-39-26-11-19-31-17-6-10-22-35(31)39)41(47-42(44)45)43(40(36)37)28-32-18-7-9-21-34(32)30-15-3-2-4-16-30/h2-12,14-24,26H,13,25,27-28H2,1H3,(H,44,45). The third kappa shape index (κ3) is 6.08. The largest absolute Gasteiger partial charge is 0.512 e. The summed E-state index contributed by atoms with van der Waals surface area (Å²) in [5.74, 6) is 1.19. The van der Waals surface area contributed by atoms with Gasteiger partial charge >= 0.3 is 6.16 Å². The Hall–Kier alpha value is -5.81. The molecule has 0 saturated carbocycles. The van der Waals surface area contributed by atoms with Crippen molar-refractivity contribution in [2.75, 3.05) is 6.61 Å². The summed E-state index contributed by atoms with van der Waals surface area (Å²) >= 11 is 0. The molecule has 0 unspecified atom stereocenters. The van der Waals surface area contributed by atoms with Gasteiger partial charge in [0.2, 0.25) is 5.88 Å². The number of fused-ring (bicyclic) bond motifs is 2. The van der Waals surface area contributed by atoms with Crippen LogP contribution in [0.3, 0.4) is 0 Å². The van der Waals surface area contributed by atoms with Crippen molar-refractivity contribution >= 4 is 27.8 Å². The molecule has 1 N–H and O–H groups in total. The number of ether oxygens (including phenoxy) is 2. The molecule has 232 valence electrons. The number of aryl methyl sites for hydroxylation is 2. The Morgan fingerprint density at radius 3 is 2.17 bits per heavy atom. The van der Waals surface area contributed by atoms with Crippen LogP contribution in [0.15, 0.2) is 140 Å². The first-order valence-electron chi connectivity index (χ1n) is 15.9. The number of carbonyl (C=O) groups is 1. The molecule has 7 rings (SSSR count). The average molecular weight is 618 g/mol. The molecule has 0 aliphatic rings. The maximum Gasteiger partial charge on any atom is 0.512 e. The minimum atomic E-state index is -1.34. The van der Waals surface area contributed by atoms with Crippen LogP contribution in [0.1, 0.15) is 23.1 Å². The van der Waals surface area contributed by atoms with Gasteiger partial charge in [0, 0.05) is 21.9 Å². The molecule has 0 saturated heterocycles. The van der Waals surface area contributed by atoms with Crippen molar-refractivity contribution in [1.29, 1.82) is 0 Å². The first-order chi connectivity index (χ1) is 23.1. The summed E-state index contributed by atoms with van der Waals surface area (Å²) in [4.78, 5) is 12.3. The second kappa shape index (κ2) is 13.3. The highest BCUT2D eigenvalue weighted by atomic mass is 16.7. The molecule has 0 amide bonds. The molecule has 0 fully saturated rings. The van der Waals surface area contributed by atoms with Gasteiger partial charge in [0.25, 0.3) is 0 Å². The molecule has 6 aromatic carbocycles. The molecule has 0 bridgehead atoms. The summed E-state index contributed by atoms with van der Waals surface area (Å²) in [5, 5.41) is 13.2. The van der Waals surface area contributed by atoms with Gasteiger partial charge < -0.3 is 19.1 Å². The van der Waals surface area contributed by atoms with Crippen LogP contribution < -0.4 is 9.47 Å². The zero-order valence-electron chi connectivity index (χ0n) is 26.2. The monoisotopic (exact) mass is 617 g/mol. The van der Waals surface area contributed by atoms with Crippen LogP contribution in [0, 0.1) is 6.92 Å². The first-order valence-corrected chi connectivity index (χ1v) is 15.9. The maximum atomic E-state index is 12.3. The topological polar surface area (TPSA) is 60.7 Å². The zero-order valence-corrected chi connectivity index (χ0v) is 26.2. The van der Waals surface area contributed by atoms with Gasteiger partial charge in [-0.1, -0.05) is 133 Å². The highest BCUT2D eigenvalue weighted by Crippen LogP contribution is 2.41. The van der Waals surface area contributed by atoms with Crippen LogP contribution in [0.5, 0.6) is 11.6 Å². The van der Waals surface area contributed by atoms with Gasteiger partial charge in [-0.2, -0.15) is 0 Å². The van der Waals surface area contributed by atoms with E-state index in [1.54, 1.807) is 0 Å². The highest BCUT2D eigenvalue weighted by Gasteiger charge is 2.24. The molecule has 0 aliphatic heterocycles. The van der Waals surface area contributed by atoms with Gasteiger partial charge in [-0.15, -0.1) is 0 Å². The van der Waals surface area contributed by atoms with E-state index in [0.717, 1.165) is 66.4 Å². The number of hydrogen-bond acceptors (Lipinski definition) is 3. The molecule has 1 heterocycles. The van der Waals surface area contributed by atoms with E-state index >= 15 is 0 Å². The Balaban J connectivity index is 1.33. The normalized spacial score (nSPS) is 11.2. The van der Waals surface area contributed by atoms with E-state index in [-0.39, 0.29) is 0 Å². The third-order valence-corrected chi connectivity index (χ3v) is 8.76. The quantitative estimate of drug-likeness (QED) is 0.123. The van der Waals surface area contributed by atoms with Crippen LogP contribution in [0.25, 0.3) is 43.9 Å². The molecular formula is C42H35NO4. The van der Waals surface area contributed by atoms with Crippen molar-refractivity contribution in [2.45, 2.75) is 26.3 Å². The predicted molar refractivity (Wildman–Crippen MR) is 190 cm³/mol. The zero-order chi connectivity index (χ0) is 32.2. The van der Waals surface area contributed by atoms with Crippen LogP contribution in [0.2, 0.25) is 0 Å². The van der Waals surface area contributed by atoms with Gasteiger partial charge in [0.05, 0.1) is 18.7 Å². The number of benzene rings is 6. The van der Waals surface area contributed by atoms with Crippen molar-refractivity contribution in [3.63, 3.8) is 0 Å². The Kier molecular flexibility index (Phi) is 8.44. The molecular weight excluding hydrogens is 582 g/mol. The minimum absolute atomic E-state index is 0.349. The van der Waals surface area contributed by atoms with Gasteiger partial charge in [-0.05, 0) is 59.0 Å². The van der Waals surface area contributed by atoms with E-state index < -0.39 is 6.16 Å². The number of para-hydroxylation sites is 1. The predicted octanol–water partition coefficient (Wildman–Crippen LogP) is 10.6. The second-order valence-corrected chi connectivity index (χ2v) is 11.7. The van der Waals surface area contributed by atoms with Crippen molar-refractivity contribution in [2.24, 2.45) is 0 Å². The van der Waals surface area contributed by atoms with Crippen LogP contribution >= 0.6 is 0 Å². The third-order valence-electron chi connectivity index (χ3n) is 8.76. The molecule has 0 radical (unpaired) electrons. The fourth-order valence-corrected chi connectivity index (χ4v) is 6.62. The molecule has 0 spiro atoms. The average Bonchev–Trinajstić information content (AvgIpc) is 3.38. The number of carboxylic acid groups (broad SMARTS) is 1. The smallest absolute Gasteiger partial charge is 0.493 e. The minimum Gasteiger partial charge on any atom is -0.493 e. The van der Waals surface area contributed by atoms with Crippen molar-refractivity contribution in [3.05, 3.63) is 156 Å². The van der Waals surface area contributed by atoms with Gasteiger partial charge in [0.1, 0.15) is 5.75 Å². The lowest BCUT2D eigenvalue weighted by atomic mass is 9.97. The number of rotatable bonds is 10. The Morgan fingerprint density at radius 2 is 1.34 bits per heavy atom. The molecule has 47 heavy (non-hydrogen) atoms. The maximum absolute atomic E-state index is 12.3. The van der Waals surface area contributed by atoms with Crippen molar-refractivity contribution < 1.29 is 19.4 Å². The number of nitrogens with zero attached hydrogens (tertiary/aromatic N) is 1. The Labute approximate surface area is 274 Å². The summed E-state index contributed by atoms with van der Waals surface area (Å²) in [6.45, 7) is 3.01. The summed E-state index contributed by atoms with van der Waals surface area (Å²) in [6, 6.07) is 47.3. The lowest BCUT2D eigenvalue weighted by molar-refractivity contribution is 0.140. The summed E-state index contributed by atoms with van der Waals surface area (Å²) in [7, 11) is 0. The van der Waals surface area contributed by atoms with Gasteiger partial charge in [0.15, 0.2) is 0 Å². The highest BCUT2D eigenvalue weighted by molar-refractivity contribution is 5.99. The van der Waals surface area contributed by atoms with E-state index in [4.69, 9.17) is 9.47 Å². The molecule has 5 nitrogen and oxygen atoms in total. The van der Waals surface area contributed by atoms with Crippen LogP contribution in [-0.4, -0.2) is 22.4 Å². The van der Waals surface area contributed by atoms with E-state index in [2.05, 4.69) is 73.7 Å². The fraction of sp³-hybridized carbons (Fsp3) is 0.119. The molecule has 0 atom stereocenters. The summed E-state index contributed by atoms with van der Waals surface area (Å²) < 4.78 is 14.0. The van der Waals surface area contributed by atoms with E-state index in [1.165, 1.54) is 0 Å². The molecule has 7 aromatic rings. The lowest BCUT2D eigenvalue weighted by Crippen LogP contribution is -2.11. The van der Waals surface area contributed by atoms with Crippen LogP contribution in [-0.2, 0) is 13.0 Å². The Bertz CT molecular complexity index is 2190. The Morgan fingerprint density at radius 1 is 0.681 bits per heavy atom. The van der Waals surface area contributed by atoms with Crippen molar-refractivity contribution in [3.8, 4) is 33.9 Å². The summed E-state index contributed by atoms with van der Waals surface area (Å²) in [6.07, 6.45) is -0.0850.